The summed E-state index contributed by atoms with van der Waals surface area (Å²) in [5, 5.41) is 0. The van der Waals surface area contributed by atoms with Crippen LogP contribution in [0.4, 0.5) is 0 Å². The summed E-state index contributed by atoms with van der Waals surface area (Å²) < 4.78 is 12.8. The molecule has 2 unspecified atom stereocenters. The first-order valence-corrected chi connectivity index (χ1v) is 14.5. The van der Waals surface area contributed by atoms with Crippen LogP contribution in [-0.4, -0.2) is 18.3 Å². The number of rotatable bonds is 2. The van der Waals surface area contributed by atoms with Crippen molar-refractivity contribution in [2.24, 2.45) is 5.92 Å². The Morgan fingerprint density at radius 1 is 0.615 bits per heavy atom. The van der Waals surface area contributed by atoms with Gasteiger partial charge < -0.3 is 9.31 Å². The number of fused-ring (bicyclic) bond motifs is 6. The van der Waals surface area contributed by atoms with E-state index in [1.807, 2.05) is 0 Å². The SMILES string of the molecule is CC1(C)c2cc(B3OC(C)(C)C(C)(C)O3)ccc2-c2ccc(-c3ccc4c(c3)C(C)(C)C3C=CC=CC43)cc21. The minimum Gasteiger partial charge on any atom is -0.399 e. The molecule has 0 spiro atoms. The highest BCUT2D eigenvalue weighted by Gasteiger charge is 2.52. The van der Waals surface area contributed by atoms with Gasteiger partial charge in [-0.05, 0) is 95.1 Å². The van der Waals surface area contributed by atoms with E-state index >= 15 is 0 Å². The normalized spacial score (nSPS) is 25.8. The zero-order chi connectivity index (χ0) is 27.5. The maximum absolute atomic E-state index is 6.39. The van der Waals surface area contributed by atoms with Gasteiger partial charge in [0.2, 0.25) is 0 Å². The largest absolute Gasteiger partial charge is 0.494 e. The maximum atomic E-state index is 6.39. The van der Waals surface area contributed by atoms with Crippen LogP contribution < -0.4 is 5.46 Å². The number of allylic oxidation sites excluding steroid dienone is 4. The van der Waals surface area contributed by atoms with Crippen molar-refractivity contribution in [1.82, 2.24) is 0 Å². The van der Waals surface area contributed by atoms with E-state index in [4.69, 9.17) is 9.31 Å². The summed E-state index contributed by atoms with van der Waals surface area (Å²) in [6.07, 6.45) is 9.20. The Balaban J connectivity index is 1.26. The van der Waals surface area contributed by atoms with Gasteiger partial charge in [0, 0.05) is 11.3 Å². The molecule has 39 heavy (non-hydrogen) atoms. The van der Waals surface area contributed by atoms with Crippen LogP contribution in [0.15, 0.2) is 78.9 Å². The molecule has 3 aliphatic carbocycles. The molecule has 0 aromatic heterocycles. The van der Waals surface area contributed by atoms with Crippen molar-refractivity contribution in [2.75, 3.05) is 0 Å². The topological polar surface area (TPSA) is 18.5 Å². The number of hydrogen-bond acceptors (Lipinski definition) is 2. The first-order chi connectivity index (χ1) is 18.3. The van der Waals surface area contributed by atoms with Crippen LogP contribution in [0.1, 0.15) is 83.6 Å². The van der Waals surface area contributed by atoms with Gasteiger partial charge in [0.15, 0.2) is 0 Å². The highest BCUT2D eigenvalue weighted by Crippen LogP contribution is 2.54. The Bertz CT molecular complexity index is 1570. The predicted molar refractivity (Wildman–Crippen MR) is 163 cm³/mol. The lowest BCUT2D eigenvalue weighted by Gasteiger charge is -2.32. The molecule has 0 amide bonds. The molecule has 0 saturated carbocycles. The van der Waals surface area contributed by atoms with Crippen LogP contribution in [0, 0.1) is 5.92 Å². The lowest BCUT2D eigenvalue weighted by Crippen LogP contribution is -2.41. The zero-order valence-corrected chi connectivity index (χ0v) is 24.6. The van der Waals surface area contributed by atoms with Crippen LogP contribution in [0.25, 0.3) is 22.3 Å². The molecule has 3 aromatic rings. The quantitative estimate of drug-likeness (QED) is 0.322. The summed E-state index contributed by atoms with van der Waals surface area (Å²) in [6, 6.07) is 21.0. The fourth-order valence-electron chi connectivity index (χ4n) is 7.42. The minimum atomic E-state index is -0.349. The van der Waals surface area contributed by atoms with Crippen LogP contribution in [0.3, 0.4) is 0 Å². The van der Waals surface area contributed by atoms with Crippen molar-refractivity contribution >= 4 is 12.6 Å². The Labute approximate surface area is 234 Å². The molecule has 2 atom stereocenters. The third-order valence-electron chi connectivity index (χ3n) is 10.6. The summed E-state index contributed by atoms with van der Waals surface area (Å²) >= 11 is 0. The smallest absolute Gasteiger partial charge is 0.399 e. The first-order valence-electron chi connectivity index (χ1n) is 14.5. The van der Waals surface area contributed by atoms with Crippen molar-refractivity contribution in [3.05, 3.63) is 101 Å². The molecule has 198 valence electrons. The molecule has 1 aliphatic heterocycles. The van der Waals surface area contributed by atoms with Gasteiger partial charge in [-0.3, -0.25) is 0 Å². The fraction of sp³-hybridized carbons (Fsp3) is 0.389. The molecule has 1 fully saturated rings. The second kappa shape index (κ2) is 7.86. The van der Waals surface area contributed by atoms with Gasteiger partial charge in [0.05, 0.1) is 11.2 Å². The van der Waals surface area contributed by atoms with E-state index in [2.05, 4.69) is 134 Å². The van der Waals surface area contributed by atoms with E-state index in [0.29, 0.717) is 11.8 Å². The molecule has 4 aliphatic rings. The highest BCUT2D eigenvalue weighted by molar-refractivity contribution is 6.62. The van der Waals surface area contributed by atoms with Crippen molar-refractivity contribution in [3.8, 4) is 22.3 Å². The van der Waals surface area contributed by atoms with Gasteiger partial charge in [-0.15, -0.1) is 0 Å². The Morgan fingerprint density at radius 2 is 1.18 bits per heavy atom. The van der Waals surface area contributed by atoms with Gasteiger partial charge in [0.1, 0.15) is 0 Å². The lowest BCUT2D eigenvalue weighted by molar-refractivity contribution is 0.00578. The van der Waals surface area contributed by atoms with Crippen LogP contribution in [0.5, 0.6) is 0 Å². The summed E-state index contributed by atoms with van der Waals surface area (Å²) in [5.74, 6) is 1.01. The molecule has 2 nitrogen and oxygen atoms in total. The Kier molecular flexibility index (Phi) is 5.06. The van der Waals surface area contributed by atoms with Crippen molar-refractivity contribution in [3.63, 3.8) is 0 Å². The van der Waals surface area contributed by atoms with E-state index in [-0.39, 0.29) is 29.2 Å². The molecular weight excluding hydrogens is 475 g/mol. The van der Waals surface area contributed by atoms with Crippen LogP contribution in [0.2, 0.25) is 0 Å². The van der Waals surface area contributed by atoms with E-state index in [9.17, 15) is 0 Å². The second-order valence-electron chi connectivity index (χ2n) is 14.1. The number of hydrogen-bond donors (Lipinski definition) is 0. The molecule has 7 rings (SSSR count). The molecule has 3 heteroatoms. The molecule has 1 saturated heterocycles. The molecular formula is C36H39BO2. The minimum absolute atomic E-state index is 0.110. The molecule has 0 bridgehead atoms. The fourth-order valence-corrected chi connectivity index (χ4v) is 7.42. The van der Waals surface area contributed by atoms with Crippen molar-refractivity contribution < 1.29 is 9.31 Å². The van der Waals surface area contributed by atoms with Gasteiger partial charge in [-0.1, -0.05) is 101 Å². The molecule has 0 N–H and O–H groups in total. The lowest BCUT2D eigenvalue weighted by atomic mass is 9.74. The van der Waals surface area contributed by atoms with Gasteiger partial charge in [0.25, 0.3) is 0 Å². The van der Waals surface area contributed by atoms with Gasteiger partial charge in [-0.25, -0.2) is 0 Å². The summed E-state index contributed by atoms with van der Waals surface area (Å²) in [7, 11) is -0.349. The average Bonchev–Trinajstić information content (AvgIpc) is 3.37. The Hall–Kier alpha value is -2.88. The van der Waals surface area contributed by atoms with E-state index in [1.54, 1.807) is 0 Å². The summed E-state index contributed by atoms with van der Waals surface area (Å²) in [6.45, 7) is 18.0. The average molecular weight is 515 g/mol. The molecule has 0 radical (unpaired) electrons. The second-order valence-corrected chi connectivity index (χ2v) is 14.1. The van der Waals surface area contributed by atoms with Gasteiger partial charge in [-0.2, -0.15) is 0 Å². The third-order valence-corrected chi connectivity index (χ3v) is 10.6. The molecule has 3 aromatic carbocycles. The van der Waals surface area contributed by atoms with Crippen LogP contribution >= 0.6 is 0 Å². The third kappa shape index (κ3) is 3.42. The Morgan fingerprint density at radius 3 is 1.87 bits per heavy atom. The predicted octanol–water partition coefficient (Wildman–Crippen LogP) is 8.08. The van der Waals surface area contributed by atoms with E-state index in [0.717, 1.165) is 5.46 Å². The van der Waals surface area contributed by atoms with Crippen LogP contribution in [-0.2, 0) is 20.1 Å². The molecule has 1 heterocycles. The van der Waals surface area contributed by atoms with Crippen molar-refractivity contribution in [1.29, 1.82) is 0 Å². The highest BCUT2D eigenvalue weighted by atomic mass is 16.7. The monoisotopic (exact) mass is 514 g/mol. The zero-order valence-electron chi connectivity index (χ0n) is 24.6. The number of benzene rings is 3. The van der Waals surface area contributed by atoms with Crippen molar-refractivity contribution in [2.45, 2.75) is 83.3 Å². The standard InChI is InChI=1S/C36H39BO2/c1-33(2)29-12-10-9-11-25(29)26-16-13-22(19-30(26)33)23-14-17-27-28-18-15-24(21-32(28)34(3,4)31(27)20-23)37-38-35(5,6)36(7,8)39-37/h9-21,25,29H,1-8H3. The first kappa shape index (κ1) is 25.1. The van der Waals surface area contributed by atoms with Gasteiger partial charge >= 0.3 is 7.12 Å². The summed E-state index contributed by atoms with van der Waals surface area (Å²) in [4.78, 5) is 0. The maximum Gasteiger partial charge on any atom is 0.494 e. The van der Waals surface area contributed by atoms with E-state index in [1.165, 1.54) is 44.5 Å². The summed E-state index contributed by atoms with van der Waals surface area (Å²) in [5.41, 5.74) is 11.4. The van der Waals surface area contributed by atoms with E-state index < -0.39 is 0 Å².